The van der Waals surface area contributed by atoms with Crippen molar-refractivity contribution in [3.05, 3.63) is 30.2 Å². The van der Waals surface area contributed by atoms with Gasteiger partial charge in [-0.25, -0.2) is 9.97 Å². The summed E-state index contributed by atoms with van der Waals surface area (Å²) < 4.78 is 7.62. The number of imidazole rings is 1. The fraction of sp³-hybridized carbons (Fsp3) is 0.231. The molecule has 0 aliphatic carbocycles. The van der Waals surface area contributed by atoms with Crippen LogP contribution in [0.4, 0.5) is 6.01 Å². The zero-order chi connectivity index (χ0) is 12.7. The van der Waals surface area contributed by atoms with Gasteiger partial charge in [0, 0.05) is 19.7 Å². The third kappa shape index (κ3) is 1.55. The Kier molecular flexibility index (Phi) is 2.33. The number of nitrogens with zero attached hydrogens (tertiary/aromatic N) is 3. The van der Waals surface area contributed by atoms with Crippen LogP contribution in [0.25, 0.3) is 22.4 Å². The van der Waals surface area contributed by atoms with E-state index in [4.69, 9.17) is 4.42 Å². The van der Waals surface area contributed by atoms with Crippen molar-refractivity contribution in [2.45, 2.75) is 6.92 Å². The lowest BCUT2D eigenvalue weighted by Gasteiger charge is -1.98. The van der Waals surface area contributed by atoms with Crippen molar-refractivity contribution >= 4 is 17.0 Å². The van der Waals surface area contributed by atoms with Crippen LogP contribution in [0.3, 0.4) is 0 Å². The number of benzene rings is 1. The van der Waals surface area contributed by atoms with E-state index in [-0.39, 0.29) is 0 Å². The summed E-state index contributed by atoms with van der Waals surface area (Å²) in [6.45, 7) is 1.99. The van der Waals surface area contributed by atoms with Crippen molar-refractivity contribution in [3.8, 4) is 11.3 Å². The van der Waals surface area contributed by atoms with Crippen LogP contribution >= 0.6 is 0 Å². The number of hydrogen-bond donors (Lipinski definition) is 1. The van der Waals surface area contributed by atoms with Crippen molar-refractivity contribution in [2.75, 3.05) is 12.4 Å². The molecule has 5 heteroatoms. The Balaban J connectivity index is 2.13. The van der Waals surface area contributed by atoms with Crippen molar-refractivity contribution in [1.29, 1.82) is 0 Å². The monoisotopic (exact) mass is 242 g/mol. The lowest BCUT2D eigenvalue weighted by molar-refractivity contribution is 0.590. The molecule has 0 saturated heterocycles. The van der Waals surface area contributed by atoms with Gasteiger partial charge in [0.15, 0.2) is 5.76 Å². The summed E-state index contributed by atoms with van der Waals surface area (Å²) in [5.74, 6) is 1.74. The van der Waals surface area contributed by atoms with Gasteiger partial charge in [0.05, 0.1) is 17.2 Å². The molecule has 0 aliphatic heterocycles. The predicted octanol–water partition coefficient (Wildman–Crippen LogP) is 2.58. The molecule has 1 aromatic carbocycles. The first kappa shape index (κ1) is 10.8. The molecule has 2 heterocycles. The molecule has 3 rings (SSSR count). The number of anilines is 1. The molecule has 5 nitrogen and oxygen atoms in total. The Bertz CT molecular complexity index is 711. The van der Waals surface area contributed by atoms with Crippen LogP contribution in [0.5, 0.6) is 0 Å². The van der Waals surface area contributed by atoms with Gasteiger partial charge < -0.3 is 14.3 Å². The predicted molar refractivity (Wildman–Crippen MR) is 70.5 cm³/mol. The Morgan fingerprint density at radius 3 is 2.89 bits per heavy atom. The van der Waals surface area contributed by atoms with E-state index in [9.17, 15) is 0 Å². The molecule has 2 aromatic heterocycles. The minimum absolute atomic E-state index is 0.516. The topological polar surface area (TPSA) is 55.9 Å². The van der Waals surface area contributed by atoms with E-state index in [0.717, 1.165) is 28.2 Å². The van der Waals surface area contributed by atoms with Crippen molar-refractivity contribution < 1.29 is 4.42 Å². The van der Waals surface area contributed by atoms with Crippen LogP contribution in [0, 0.1) is 6.92 Å². The second-order valence-corrected chi connectivity index (χ2v) is 4.20. The maximum absolute atomic E-state index is 5.55. The lowest BCUT2D eigenvalue weighted by Crippen LogP contribution is -1.89. The van der Waals surface area contributed by atoms with Gasteiger partial charge in [-0.1, -0.05) is 0 Å². The van der Waals surface area contributed by atoms with Gasteiger partial charge in [-0.3, -0.25) is 0 Å². The molecule has 92 valence electrons. The second-order valence-electron chi connectivity index (χ2n) is 4.20. The Hall–Kier alpha value is -2.30. The van der Waals surface area contributed by atoms with Crippen molar-refractivity contribution in [2.24, 2.45) is 7.05 Å². The second kappa shape index (κ2) is 3.87. The zero-order valence-electron chi connectivity index (χ0n) is 10.6. The number of fused-ring (bicyclic) bond motifs is 1. The number of aromatic nitrogens is 3. The highest BCUT2D eigenvalue weighted by molar-refractivity contribution is 5.81. The third-order valence-electron chi connectivity index (χ3n) is 3.11. The van der Waals surface area contributed by atoms with E-state index in [1.54, 1.807) is 13.2 Å². The van der Waals surface area contributed by atoms with E-state index in [1.165, 1.54) is 0 Å². The van der Waals surface area contributed by atoms with Gasteiger partial charge >= 0.3 is 0 Å². The van der Waals surface area contributed by atoms with Crippen LogP contribution in [0.2, 0.25) is 0 Å². The molecule has 0 amide bonds. The minimum atomic E-state index is 0.516. The summed E-state index contributed by atoms with van der Waals surface area (Å²) in [6.07, 6.45) is 1.71. The molecule has 0 atom stereocenters. The van der Waals surface area contributed by atoms with Crippen LogP contribution < -0.4 is 5.32 Å². The molecule has 0 unspecified atom stereocenters. The van der Waals surface area contributed by atoms with Crippen LogP contribution in [0.1, 0.15) is 5.82 Å². The number of nitrogens with one attached hydrogen (secondary N) is 1. The Morgan fingerprint density at radius 1 is 1.33 bits per heavy atom. The van der Waals surface area contributed by atoms with E-state index in [1.807, 2.05) is 32.2 Å². The molecule has 0 aliphatic rings. The first-order valence-corrected chi connectivity index (χ1v) is 5.76. The average molecular weight is 242 g/mol. The summed E-state index contributed by atoms with van der Waals surface area (Å²) in [6, 6.07) is 6.60. The fourth-order valence-corrected chi connectivity index (χ4v) is 2.00. The van der Waals surface area contributed by atoms with Gasteiger partial charge in [-0.15, -0.1) is 0 Å². The molecule has 3 aromatic rings. The summed E-state index contributed by atoms with van der Waals surface area (Å²) in [5, 5.41) is 2.87. The molecule has 18 heavy (non-hydrogen) atoms. The highest BCUT2D eigenvalue weighted by atomic mass is 16.4. The largest absolute Gasteiger partial charge is 0.424 e. The van der Waals surface area contributed by atoms with Crippen molar-refractivity contribution in [1.82, 2.24) is 14.5 Å². The van der Waals surface area contributed by atoms with E-state index in [0.29, 0.717) is 6.01 Å². The summed E-state index contributed by atoms with van der Waals surface area (Å²) >= 11 is 0. The highest BCUT2D eigenvalue weighted by Crippen LogP contribution is 2.26. The Labute approximate surface area is 104 Å². The first-order valence-electron chi connectivity index (χ1n) is 5.76. The summed E-state index contributed by atoms with van der Waals surface area (Å²) in [7, 11) is 3.79. The van der Waals surface area contributed by atoms with E-state index >= 15 is 0 Å². The molecule has 0 bridgehead atoms. The van der Waals surface area contributed by atoms with Gasteiger partial charge in [0.2, 0.25) is 0 Å². The normalized spacial score (nSPS) is 11.1. The zero-order valence-corrected chi connectivity index (χ0v) is 10.6. The van der Waals surface area contributed by atoms with E-state index < -0.39 is 0 Å². The smallest absolute Gasteiger partial charge is 0.294 e. The SMILES string of the molecule is CNc1ncc(-c2ccc3c(c2)nc(C)n3C)o1. The molecular weight excluding hydrogens is 228 g/mol. The molecule has 0 spiro atoms. The van der Waals surface area contributed by atoms with Crippen LogP contribution in [0.15, 0.2) is 28.8 Å². The highest BCUT2D eigenvalue weighted by Gasteiger charge is 2.09. The number of aryl methyl sites for hydroxylation is 2. The quantitative estimate of drug-likeness (QED) is 0.750. The molecular formula is C13H14N4O. The number of oxazole rings is 1. The minimum Gasteiger partial charge on any atom is -0.424 e. The summed E-state index contributed by atoms with van der Waals surface area (Å²) in [5.41, 5.74) is 3.06. The lowest BCUT2D eigenvalue weighted by atomic mass is 10.1. The summed E-state index contributed by atoms with van der Waals surface area (Å²) in [4.78, 5) is 8.62. The fourth-order valence-electron chi connectivity index (χ4n) is 2.00. The molecule has 0 fully saturated rings. The number of hydrogen-bond acceptors (Lipinski definition) is 4. The standard InChI is InChI=1S/C13H14N4O/c1-8-16-10-6-9(4-5-11(10)17(8)3)12-7-15-13(14-2)18-12/h4-7H,1-3H3,(H,14,15). The molecule has 0 radical (unpaired) electrons. The van der Waals surface area contributed by atoms with Crippen LogP contribution in [-0.2, 0) is 7.05 Å². The van der Waals surface area contributed by atoms with Gasteiger partial charge in [-0.2, -0.15) is 0 Å². The Morgan fingerprint density at radius 2 is 2.17 bits per heavy atom. The maximum atomic E-state index is 5.55. The van der Waals surface area contributed by atoms with Gasteiger partial charge in [-0.05, 0) is 25.1 Å². The third-order valence-corrected chi connectivity index (χ3v) is 3.11. The van der Waals surface area contributed by atoms with Crippen LogP contribution in [-0.4, -0.2) is 21.6 Å². The van der Waals surface area contributed by atoms with Gasteiger partial charge in [0.1, 0.15) is 5.82 Å². The molecule has 0 saturated carbocycles. The van der Waals surface area contributed by atoms with Gasteiger partial charge in [0.25, 0.3) is 6.01 Å². The molecule has 1 N–H and O–H groups in total. The maximum Gasteiger partial charge on any atom is 0.294 e. The van der Waals surface area contributed by atoms with Crippen molar-refractivity contribution in [3.63, 3.8) is 0 Å². The first-order chi connectivity index (χ1) is 8.69. The average Bonchev–Trinajstić information content (AvgIpc) is 2.95. The van der Waals surface area contributed by atoms with E-state index in [2.05, 4.69) is 19.9 Å². The number of rotatable bonds is 2.